The van der Waals surface area contributed by atoms with Crippen LogP contribution in [0.25, 0.3) is 0 Å². The number of pyridine rings is 1. The van der Waals surface area contributed by atoms with Gasteiger partial charge in [-0.2, -0.15) is 4.31 Å². The van der Waals surface area contributed by atoms with E-state index >= 15 is 0 Å². The van der Waals surface area contributed by atoms with Gasteiger partial charge in [0.25, 0.3) is 5.91 Å². The topological polar surface area (TPSA) is 108 Å². The van der Waals surface area contributed by atoms with Crippen LogP contribution in [0.2, 0.25) is 0 Å². The zero-order chi connectivity index (χ0) is 23.1. The summed E-state index contributed by atoms with van der Waals surface area (Å²) >= 11 is 0. The first-order chi connectivity index (χ1) is 15.3. The number of nitrogens with zero attached hydrogens (tertiary/aromatic N) is 2. The van der Waals surface area contributed by atoms with Crippen molar-refractivity contribution in [2.45, 2.75) is 18.4 Å². The number of carbonyl (C=O) groups excluding carboxylic acids is 2. The summed E-state index contributed by atoms with van der Waals surface area (Å²) in [4.78, 5) is 29.3. The minimum atomic E-state index is -3.82. The summed E-state index contributed by atoms with van der Waals surface area (Å²) in [6.45, 7) is 1.74. The maximum Gasteiger partial charge on any atom is 0.253 e. The molecule has 0 aliphatic rings. The summed E-state index contributed by atoms with van der Waals surface area (Å²) in [6.07, 6.45) is 3.30. The number of hydrogen-bond acceptors (Lipinski definition) is 5. The molecule has 0 saturated heterocycles. The highest BCUT2D eigenvalue weighted by atomic mass is 32.2. The number of anilines is 1. The SMILES string of the molecule is Cc1ccc(S(=O)(=O)N(C)CC(=O)Nc2ccccc2C(=O)NCc2cccnc2)cc1. The molecule has 0 bridgehead atoms. The number of benzene rings is 2. The lowest BCUT2D eigenvalue weighted by atomic mass is 10.1. The van der Waals surface area contributed by atoms with Crippen molar-refractivity contribution < 1.29 is 18.0 Å². The van der Waals surface area contributed by atoms with Gasteiger partial charge in [-0.25, -0.2) is 8.42 Å². The van der Waals surface area contributed by atoms with Crippen molar-refractivity contribution in [2.75, 3.05) is 18.9 Å². The van der Waals surface area contributed by atoms with E-state index in [1.54, 1.807) is 54.9 Å². The van der Waals surface area contributed by atoms with Crippen LogP contribution in [0.5, 0.6) is 0 Å². The Morgan fingerprint density at radius 2 is 1.72 bits per heavy atom. The number of sulfonamides is 1. The van der Waals surface area contributed by atoms with Crippen LogP contribution in [0, 0.1) is 6.92 Å². The van der Waals surface area contributed by atoms with Gasteiger partial charge in [-0.05, 0) is 42.8 Å². The molecular formula is C23H24N4O4S. The zero-order valence-corrected chi connectivity index (χ0v) is 18.6. The maximum atomic E-state index is 12.7. The fourth-order valence-electron chi connectivity index (χ4n) is 2.94. The number of aromatic nitrogens is 1. The second-order valence-corrected chi connectivity index (χ2v) is 9.26. The molecule has 0 spiro atoms. The molecule has 166 valence electrons. The molecule has 0 aliphatic carbocycles. The lowest BCUT2D eigenvalue weighted by Crippen LogP contribution is -2.35. The Kier molecular flexibility index (Phi) is 7.34. The van der Waals surface area contributed by atoms with Gasteiger partial charge in [0.05, 0.1) is 22.7 Å². The van der Waals surface area contributed by atoms with Gasteiger partial charge in [-0.3, -0.25) is 14.6 Å². The second kappa shape index (κ2) is 10.2. The summed E-state index contributed by atoms with van der Waals surface area (Å²) in [7, 11) is -2.49. The van der Waals surface area contributed by atoms with E-state index < -0.39 is 22.5 Å². The van der Waals surface area contributed by atoms with Crippen LogP contribution in [0.3, 0.4) is 0 Å². The van der Waals surface area contributed by atoms with Crippen molar-refractivity contribution in [3.63, 3.8) is 0 Å². The normalized spacial score (nSPS) is 11.2. The molecule has 3 rings (SSSR count). The zero-order valence-electron chi connectivity index (χ0n) is 17.8. The number of rotatable bonds is 8. The smallest absolute Gasteiger partial charge is 0.253 e. The van der Waals surface area contributed by atoms with Crippen molar-refractivity contribution in [1.82, 2.24) is 14.6 Å². The average molecular weight is 453 g/mol. The lowest BCUT2D eigenvalue weighted by Gasteiger charge is -2.18. The largest absolute Gasteiger partial charge is 0.348 e. The van der Waals surface area contributed by atoms with E-state index in [0.717, 1.165) is 15.4 Å². The predicted molar refractivity (Wildman–Crippen MR) is 121 cm³/mol. The molecule has 0 saturated carbocycles. The monoisotopic (exact) mass is 452 g/mol. The molecule has 32 heavy (non-hydrogen) atoms. The van der Waals surface area contributed by atoms with Crippen molar-refractivity contribution in [1.29, 1.82) is 0 Å². The fourth-order valence-corrected chi connectivity index (χ4v) is 4.06. The summed E-state index contributed by atoms with van der Waals surface area (Å²) in [6, 6.07) is 16.5. The van der Waals surface area contributed by atoms with Gasteiger partial charge in [0.1, 0.15) is 0 Å². The minimum Gasteiger partial charge on any atom is -0.348 e. The van der Waals surface area contributed by atoms with Crippen LogP contribution in [-0.4, -0.2) is 43.1 Å². The molecule has 2 N–H and O–H groups in total. The maximum absolute atomic E-state index is 12.7. The summed E-state index contributed by atoms with van der Waals surface area (Å²) < 4.78 is 26.4. The third kappa shape index (κ3) is 5.77. The molecule has 0 unspecified atom stereocenters. The van der Waals surface area contributed by atoms with Crippen LogP contribution in [-0.2, 0) is 21.4 Å². The Labute approximate surface area is 187 Å². The van der Waals surface area contributed by atoms with Crippen LogP contribution in [0.15, 0.2) is 78.0 Å². The first kappa shape index (κ1) is 23.1. The van der Waals surface area contributed by atoms with Crippen LogP contribution in [0.1, 0.15) is 21.5 Å². The minimum absolute atomic E-state index is 0.105. The first-order valence-electron chi connectivity index (χ1n) is 9.86. The predicted octanol–water partition coefficient (Wildman–Crippen LogP) is 2.58. The van der Waals surface area contributed by atoms with Gasteiger partial charge in [-0.1, -0.05) is 35.9 Å². The van der Waals surface area contributed by atoms with E-state index in [4.69, 9.17) is 0 Å². The van der Waals surface area contributed by atoms with Gasteiger partial charge in [0.2, 0.25) is 15.9 Å². The molecule has 0 radical (unpaired) electrons. The lowest BCUT2D eigenvalue weighted by molar-refractivity contribution is -0.116. The summed E-state index contributed by atoms with van der Waals surface area (Å²) in [5, 5.41) is 5.42. The van der Waals surface area contributed by atoms with E-state index in [1.807, 2.05) is 13.0 Å². The van der Waals surface area contributed by atoms with E-state index in [1.165, 1.54) is 19.2 Å². The number of likely N-dealkylation sites (N-methyl/N-ethyl adjacent to an activating group) is 1. The van der Waals surface area contributed by atoms with Crippen molar-refractivity contribution in [3.8, 4) is 0 Å². The number of hydrogen-bond donors (Lipinski definition) is 2. The van der Waals surface area contributed by atoms with E-state index in [9.17, 15) is 18.0 Å². The van der Waals surface area contributed by atoms with E-state index in [0.29, 0.717) is 5.69 Å². The summed E-state index contributed by atoms with van der Waals surface area (Å²) in [5.74, 6) is -0.930. The van der Waals surface area contributed by atoms with Gasteiger partial charge < -0.3 is 10.6 Å². The Hall–Kier alpha value is -3.56. The number of nitrogens with one attached hydrogen (secondary N) is 2. The second-order valence-electron chi connectivity index (χ2n) is 7.21. The molecule has 0 atom stereocenters. The molecule has 9 heteroatoms. The molecule has 1 heterocycles. The number of carbonyl (C=O) groups is 2. The van der Waals surface area contributed by atoms with Gasteiger partial charge in [0, 0.05) is 26.0 Å². The van der Waals surface area contributed by atoms with Crippen molar-refractivity contribution in [2.24, 2.45) is 0 Å². The highest BCUT2D eigenvalue weighted by Crippen LogP contribution is 2.17. The molecule has 2 aromatic carbocycles. The van der Waals surface area contributed by atoms with Crippen LogP contribution < -0.4 is 10.6 Å². The van der Waals surface area contributed by atoms with Crippen LogP contribution in [0.4, 0.5) is 5.69 Å². The highest BCUT2D eigenvalue weighted by Gasteiger charge is 2.23. The molecule has 3 aromatic rings. The third-order valence-electron chi connectivity index (χ3n) is 4.72. The molecule has 1 aromatic heterocycles. The molecule has 8 nitrogen and oxygen atoms in total. The van der Waals surface area contributed by atoms with Gasteiger partial charge in [0.15, 0.2) is 0 Å². The quantitative estimate of drug-likeness (QED) is 0.546. The number of aryl methyl sites for hydroxylation is 1. The van der Waals surface area contributed by atoms with Crippen LogP contribution >= 0.6 is 0 Å². The van der Waals surface area contributed by atoms with Gasteiger partial charge in [-0.15, -0.1) is 0 Å². The average Bonchev–Trinajstić information content (AvgIpc) is 2.78. The van der Waals surface area contributed by atoms with E-state index in [2.05, 4.69) is 15.6 Å². The fraction of sp³-hybridized carbons (Fsp3) is 0.174. The third-order valence-corrected chi connectivity index (χ3v) is 6.53. The molecule has 2 amide bonds. The first-order valence-corrected chi connectivity index (χ1v) is 11.3. The standard InChI is InChI=1S/C23H24N4O4S/c1-17-9-11-19(12-10-17)32(30,31)27(2)16-22(28)26-21-8-4-3-7-20(21)23(29)25-15-18-6-5-13-24-14-18/h3-14H,15-16H2,1-2H3,(H,25,29)(H,26,28). The van der Waals surface area contributed by atoms with Crippen molar-refractivity contribution >= 4 is 27.5 Å². The Morgan fingerprint density at radius 1 is 1.00 bits per heavy atom. The number of para-hydroxylation sites is 1. The Balaban J connectivity index is 1.66. The Bertz CT molecular complexity index is 1200. The number of amides is 2. The highest BCUT2D eigenvalue weighted by molar-refractivity contribution is 7.89. The van der Waals surface area contributed by atoms with Gasteiger partial charge >= 0.3 is 0 Å². The molecule has 0 aliphatic heterocycles. The Morgan fingerprint density at radius 3 is 2.41 bits per heavy atom. The van der Waals surface area contributed by atoms with Crippen molar-refractivity contribution in [3.05, 3.63) is 89.7 Å². The molecular weight excluding hydrogens is 428 g/mol. The van der Waals surface area contributed by atoms with E-state index in [-0.39, 0.29) is 22.9 Å². The molecule has 0 fully saturated rings. The summed E-state index contributed by atoms with van der Waals surface area (Å²) in [5.41, 5.74) is 2.34.